The van der Waals surface area contributed by atoms with E-state index in [-0.39, 0.29) is 40.9 Å². The lowest BCUT2D eigenvalue weighted by Crippen LogP contribution is -2.57. The van der Waals surface area contributed by atoms with E-state index in [2.05, 4.69) is 4.98 Å². The number of hydrogen-bond acceptors (Lipinski definition) is 6. The van der Waals surface area contributed by atoms with Gasteiger partial charge in [0, 0.05) is 29.7 Å². The molecule has 1 aromatic carbocycles. The van der Waals surface area contributed by atoms with Crippen LogP contribution in [-0.4, -0.2) is 45.8 Å². The zero-order valence-electron chi connectivity index (χ0n) is 19.8. The lowest BCUT2D eigenvalue weighted by molar-refractivity contribution is -0.112. The van der Waals surface area contributed by atoms with Crippen molar-refractivity contribution in [2.75, 3.05) is 13.2 Å². The Morgan fingerprint density at radius 1 is 1.26 bits per heavy atom. The van der Waals surface area contributed by atoms with Crippen molar-refractivity contribution in [1.29, 1.82) is 0 Å². The number of carbonyl (C=O) groups is 1. The van der Waals surface area contributed by atoms with Crippen LogP contribution in [0.25, 0.3) is 10.6 Å². The molecule has 2 aliphatic rings. The first-order chi connectivity index (χ1) is 17.0. The summed E-state index contributed by atoms with van der Waals surface area (Å²) in [6, 6.07) is 6.37. The van der Waals surface area contributed by atoms with E-state index in [1.54, 1.807) is 34.0 Å². The molecule has 184 valence electrons. The number of halogens is 1. The number of nitrogens with zero attached hydrogens (tertiary/aromatic N) is 3. The Hall–Kier alpha value is -3.04. The second-order valence-corrected chi connectivity index (χ2v) is 10.1. The fourth-order valence-corrected chi connectivity index (χ4v) is 5.52. The summed E-state index contributed by atoms with van der Waals surface area (Å²) in [4.78, 5) is 34.3. The van der Waals surface area contributed by atoms with Gasteiger partial charge in [-0.15, -0.1) is 11.3 Å². The third kappa shape index (κ3) is 4.62. The third-order valence-electron chi connectivity index (χ3n) is 6.48. The summed E-state index contributed by atoms with van der Waals surface area (Å²) >= 11 is 1.41. The fraction of sp³-hybridized carbons (Fsp3) is 0.423. The van der Waals surface area contributed by atoms with E-state index >= 15 is 0 Å². The number of fused-ring (bicyclic) bond motifs is 2. The number of amides is 1. The van der Waals surface area contributed by atoms with Gasteiger partial charge in [-0.3, -0.25) is 9.59 Å². The number of benzene rings is 1. The molecule has 1 saturated heterocycles. The molecule has 0 spiro atoms. The summed E-state index contributed by atoms with van der Waals surface area (Å²) in [6.45, 7) is 5.43. The van der Waals surface area contributed by atoms with Crippen molar-refractivity contribution < 1.29 is 18.7 Å². The SMILES string of the molecule is CCCCOc1c2n(cc(-c3ncc(Cc4ccc(F)cc4)s3)c1=O)C[C@@H]1OCC[C@@H](C)N1C2=O. The monoisotopic (exact) mass is 497 g/mol. The summed E-state index contributed by atoms with van der Waals surface area (Å²) in [7, 11) is 0. The smallest absolute Gasteiger partial charge is 0.276 e. The molecule has 3 aromatic rings. The average Bonchev–Trinajstić information content (AvgIpc) is 3.30. The van der Waals surface area contributed by atoms with Crippen molar-refractivity contribution in [2.45, 2.75) is 58.3 Å². The Labute approximate surface area is 207 Å². The van der Waals surface area contributed by atoms with Gasteiger partial charge in [0.1, 0.15) is 10.8 Å². The highest BCUT2D eigenvalue weighted by atomic mass is 32.1. The van der Waals surface area contributed by atoms with Crippen molar-refractivity contribution in [1.82, 2.24) is 14.5 Å². The van der Waals surface area contributed by atoms with E-state index in [0.29, 0.717) is 36.8 Å². The summed E-state index contributed by atoms with van der Waals surface area (Å²) in [5, 5.41) is 0.565. The van der Waals surface area contributed by atoms with Gasteiger partial charge < -0.3 is 18.9 Å². The minimum absolute atomic E-state index is 0.0289. The van der Waals surface area contributed by atoms with E-state index in [9.17, 15) is 14.0 Å². The Balaban J connectivity index is 1.53. The summed E-state index contributed by atoms with van der Waals surface area (Å²) in [5.41, 5.74) is 1.32. The molecule has 0 radical (unpaired) electrons. The maximum absolute atomic E-state index is 13.6. The van der Waals surface area contributed by atoms with Gasteiger partial charge in [-0.2, -0.15) is 0 Å². The average molecular weight is 498 g/mol. The molecule has 2 atom stereocenters. The quantitative estimate of drug-likeness (QED) is 0.451. The molecule has 9 heteroatoms. The highest BCUT2D eigenvalue weighted by Crippen LogP contribution is 2.33. The molecule has 1 fully saturated rings. The second kappa shape index (κ2) is 9.91. The molecule has 0 saturated carbocycles. The number of hydrogen-bond donors (Lipinski definition) is 0. The first-order valence-electron chi connectivity index (χ1n) is 12.0. The highest BCUT2D eigenvalue weighted by Gasteiger charge is 2.41. The van der Waals surface area contributed by atoms with E-state index in [1.807, 2.05) is 13.8 Å². The van der Waals surface area contributed by atoms with Gasteiger partial charge >= 0.3 is 0 Å². The topological polar surface area (TPSA) is 73.7 Å². The molecule has 35 heavy (non-hydrogen) atoms. The number of aromatic nitrogens is 2. The zero-order chi connectivity index (χ0) is 24.5. The van der Waals surface area contributed by atoms with Crippen molar-refractivity contribution >= 4 is 17.2 Å². The molecule has 5 rings (SSSR count). The number of rotatable bonds is 7. The number of thiazole rings is 1. The fourth-order valence-electron chi connectivity index (χ4n) is 4.57. The molecule has 0 unspecified atom stereocenters. The van der Waals surface area contributed by atoms with Gasteiger partial charge in [0.25, 0.3) is 5.91 Å². The Morgan fingerprint density at radius 3 is 2.83 bits per heavy atom. The molecule has 2 aromatic heterocycles. The van der Waals surface area contributed by atoms with Crippen LogP contribution in [-0.2, 0) is 17.7 Å². The number of pyridine rings is 1. The molecular weight excluding hydrogens is 469 g/mol. The van der Waals surface area contributed by atoms with E-state index in [0.717, 1.165) is 29.7 Å². The number of ether oxygens (including phenoxy) is 2. The molecular formula is C26H28FN3O4S. The maximum atomic E-state index is 13.6. The van der Waals surface area contributed by atoms with Crippen LogP contribution in [0.1, 0.15) is 54.0 Å². The summed E-state index contributed by atoms with van der Waals surface area (Å²) in [6.07, 6.45) is 6.12. The van der Waals surface area contributed by atoms with Gasteiger partial charge in [0.05, 0.1) is 25.3 Å². The molecule has 2 aliphatic heterocycles. The van der Waals surface area contributed by atoms with Crippen molar-refractivity contribution in [3.8, 4) is 16.3 Å². The van der Waals surface area contributed by atoms with Gasteiger partial charge in [0.15, 0.2) is 17.7 Å². The van der Waals surface area contributed by atoms with Crippen LogP contribution in [0.2, 0.25) is 0 Å². The highest BCUT2D eigenvalue weighted by molar-refractivity contribution is 7.15. The van der Waals surface area contributed by atoms with Crippen molar-refractivity contribution in [3.05, 3.63) is 68.8 Å². The molecule has 0 N–H and O–H groups in total. The Morgan fingerprint density at radius 2 is 2.06 bits per heavy atom. The molecule has 7 nitrogen and oxygen atoms in total. The van der Waals surface area contributed by atoms with Crippen LogP contribution in [0.3, 0.4) is 0 Å². The van der Waals surface area contributed by atoms with Crippen molar-refractivity contribution in [2.24, 2.45) is 0 Å². The second-order valence-electron chi connectivity index (χ2n) is 9.01. The Bertz CT molecular complexity index is 1290. The molecule has 4 heterocycles. The van der Waals surface area contributed by atoms with Crippen LogP contribution in [0.5, 0.6) is 5.75 Å². The lowest BCUT2D eigenvalue weighted by atomic mass is 10.1. The van der Waals surface area contributed by atoms with Crippen LogP contribution in [0.4, 0.5) is 4.39 Å². The number of unbranched alkanes of at least 4 members (excludes halogenated alkanes) is 1. The largest absolute Gasteiger partial charge is 0.487 e. The molecule has 1 amide bonds. The Kier molecular flexibility index (Phi) is 6.71. The van der Waals surface area contributed by atoms with Crippen LogP contribution < -0.4 is 10.2 Å². The van der Waals surface area contributed by atoms with E-state index in [4.69, 9.17) is 9.47 Å². The predicted octanol–water partition coefficient (Wildman–Crippen LogP) is 4.47. The van der Waals surface area contributed by atoms with Gasteiger partial charge in [0.2, 0.25) is 5.43 Å². The van der Waals surface area contributed by atoms with Gasteiger partial charge in [-0.05, 0) is 37.5 Å². The third-order valence-corrected chi connectivity index (χ3v) is 7.51. The minimum Gasteiger partial charge on any atom is -0.487 e. The molecule has 0 aliphatic carbocycles. The first kappa shape index (κ1) is 23.7. The van der Waals surface area contributed by atoms with E-state index in [1.165, 1.54) is 23.5 Å². The minimum atomic E-state index is -0.372. The molecule has 0 bridgehead atoms. The standard InChI is InChI=1S/C26H28FN3O4S/c1-3-4-10-34-24-22-26(32)30-16(2)9-11-33-21(30)15-29(22)14-20(23(24)31)25-28-13-19(35-25)12-17-5-7-18(27)8-6-17/h5-8,13-14,16,21H,3-4,9-12,15H2,1-2H3/t16-,21+/m1/s1. The normalized spacial score (nSPS) is 19.4. The van der Waals surface area contributed by atoms with Crippen LogP contribution >= 0.6 is 11.3 Å². The van der Waals surface area contributed by atoms with Crippen LogP contribution in [0.15, 0.2) is 41.5 Å². The van der Waals surface area contributed by atoms with E-state index < -0.39 is 0 Å². The van der Waals surface area contributed by atoms with Crippen LogP contribution in [0, 0.1) is 5.82 Å². The zero-order valence-corrected chi connectivity index (χ0v) is 20.6. The van der Waals surface area contributed by atoms with Gasteiger partial charge in [-0.25, -0.2) is 9.37 Å². The summed E-state index contributed by atoms with van der Waals surface area (Å²) < 4.78 is 26.9. The summed E-state index contributed by atoms with van der Waals surface area (Å²) in [5.74, 6) is -0.423. The van der Waals surface area contributed by atoms with Crippen molar-refractivity contribution in [3.63, 3.8) is 0 Å². The predicted molar refractivity (Wildman–Crippen MR) is 131 cm³/mol. The number of carbonyl (C=O) groups excluding carboxylic acids is 1. The lowest BCUT2D eigenvalue weighted by Gasteiger charge is -2.44. The maximum Gasteiger partial charge on any atom is 0.276 e. The van der Waals surface area contributed by atoms with Gasteiger partial charge in [-0.1, -0.05) is 25.5 Å². The first-order valence-corrected chi connectivity index (χ1v) is 12.8.